The average molecular weight is 355 g/mol. The highest BCUT2D eigenvalue weighted by atomic mass is 16.5. The maximum absolute atomic E-state index is 11.6. The van der Waals surface area contributed by atoms with E-state index in [0.717, 1.165) is 29.7 Å². The number of carbonyl (C=O) groups excluding carboxylic acids is 1. The zero-order valence-electron chi connectivity index (χ0n) is 14.7. The fraction of sp³-hybridized carbons (Fsp3) is 0.316. The fourth-order valence-corrected chi connectivity index (χ4v) is 3.13. The molecular weight excluding hydrogens is 334 g/mol. The van der Waals surface area contributed by atoms with Crippen molar-refractivity contribution in [3.05, 3.63) is 41.2 Å². The van der Waals surface area contributed by atoms with Crippen LogP contribution in [0.3, 0.4) is 0 Å². The van der Waals surface area contributed by atoms with Crippen molar-refractivity contribution in [3.8, 4) is 16.9 Å². The molecule has 0 bridgehead atoms. The second kappa shape index (κ2) is 7.13. The summed E-state index contributed by atoms with van der Waals surface area (Å²) in [6.45, 7) is 3.52. The summed E-state index contributed by atoms with van der Waals surface area (Å²) >= 11 is 0. The minimum absolute atomic E-state index is 0.0603. The van der Waals surface area contributed by atoms with Crippen molar-refractivity contribution < 1.29 is 19.4 Å². The molecule has 0 aliphatic carbocycles. The van der Waals surface area contributed by atoms with Crippen LogP contribution in [-0.4, -0.2) is 34.6 Å². The molecule has 7 nitrogen and oxygen atoms in total. The Labute approximate surface area is 151 Å². The number of aryl methyl sites for hydroxylation is 1. The zero-order chi connectivity index (χ0) is 18.8. The van der Waals surface area contributed by atoms with Crippen molar-refractivity contribution in [3.63, 3.8) is 0 Å². The van der Waals surface area contributed by atoms with Gasteiger partial charge in [-0.3, -0.25) is 4.79 Å². The molecule has 1 aliphatic rings. The number of aromatic nitrogens is 1. The van der Waals surface area contributed by atoms with Crippen LogP contribution >= 0.6 is 0 Å². The molecule has 26 heavy (non-hydrogen) atoms. The minimum Gasteiger partial charge on any atom is -0.476 e. The normalized spacial score (nSPS) is 15.7. The minimum atomic E-state index is -1.26. The first-order valence-electron chi connectivity index (χ1n) is 8.44. The maximum atomic E-state index is 11.6. The van der Waals surface area contributed by atoms with Gasteiger partial charge in [0, 0.05) is 29.1 Å². The second-order valence-corrected chi connectivity index (χ2v) is 6.41. The number of carboxylic acid groups (broad SMARTS) is 1. The molecule has 0 saturated carbocycles. The Kier molecular flexibility index (Phi) is 4.90. The van der Waals surface area contributed by atoms with Gasteiger partial charge in [0.1, 0.15) is 0 Å². The fourth-order valence-electron chi connectivity index (χ4n) is 3.13. The number of nitrogens with two attached hydrogens (primary N) is 1. The highest BCUT2D eigenvalue weighted by molar-refractivity contribution is 5.92. The third-order valence-corrected chi connectivity index (χ3v) is 4.53. The van der Waals surface area contributed by atoms with E-state index in [1.165, 1.54) is 11.8 Å². The number of carbonyl (C=O) groups is 2. The van der Waals surface area contributed by atoms with Crippen molar-refractivity contribution in [2.45, 2.75) is 32.7 Å². The molecule has 2 heterocycles. The van der Waals surface area contributed by atoms with E-state index in [2.05, 4.69) is 23.3 Å². The standard InChI is InChI=1S/C19H21N3O4/c1-10-3-4-13-7-12(5-6-15(13)22-10)14-9-21-17(19(24)25)18(11(14)2)26-16(23)8-20/h5-7,9-10,22H,3-4,8,20H2,1-2H3,(H,24,25). The number of fused-ring (bicyclic) bond motifs is 1. The highest BCUT2D eigenvalue weighted by Crippen LogP contribution is 2.35. The number of nitrogens with zero attached hydrogens (tertiary/aromatic N) is 1. The molecule has 0 fully saturated rings. The summed E-state index contributed by atoms with van der Waals surface area (Å²) in [7, 11) is 0. The number of rotatable bonds is 4. The summed E-state index contributed by atoms with van der Waals surface area (Å²) < 4.78 is 5.16. The van der Waals surface area contributed by atoms with Crippen LogP contribution in [-0.2, 0) is 11.2 Å². The van der Waals surface area contributed by atoms with Crippen molar-refractivity contribution >= 4 is 17.6 Å². The summed E-state index contributed by atoms with van der Waals surface area (Å²) in [6.07, 6.45) is 3.51. The van der Waals surface area contributed by atoms with E-state index in [1.807, 2.05) is 12.1 Å². The smallest absolute Gasteiger partial charge is 0.358 e. The lowest BCUT2D eigenvalue weighted by Crippen LogP contribution is -2.22. The molecule has 0 amide bonds. The molecule has 136 valence electrons. The van der Waals surface area contributed by atoms with Crippen molar-refractivity contribution in [2.75, 3.05) is 11.9 Å². The second-order valence-electron chi connectivity index (χ2n) is 6.41. The van der Waals surface area contributed by atoms with Crippen LogP contribution in [0.4, 0.5) is 5.69 Å². The third-order valence-electron chi connectivity index (χ3n) is 4.53. The maximum Gasteiger partial charge on any atom is 0.358 e. The summed E-state index contributed by atoms with van der Waals surface area (Å²) in [5.74, 6) is -2.03. The van der Waals surface area contributed by atoms with Gasteiger partial charge in [-0.2, -0.15) is 0 Å². The van der Waals surface area contributed by atoms with Crippen LogP contribution in [0.2, 0.25) is 0 Å². The molecule has 1 aromatic heterocycles. The average Bonchev–Trinajstić information content (AvgIpc) is 2.62. The number of anilines is 1. The van der Waals surface area contributed by atoms with E-state index in [9.17, 15) is 14.7 Å². The first-order chi connectivity index (χ1) is 12.4. The van der Waals surface area contributed by atoms with Gasteiger partial charge in [-0.15, -0.1) is 0 Å². The number of aromatic carboxylic acids is 1. The van der Waals surface area contributed by atoms with E-state index >= 15 is 0 Å². The first-order valence-corrected chi connectivity index (χ1v) is 8.44. The molecule has 3 rings (SSSR count). The van der Waals surface area contributed by atoms with Crippen LogP contribution in [0.15, 0.2) is 24.4 Å². The van der Waals surface area contributed by atoms with Gasteiger partial charge in [-0.25, -0.2) is 9.78 Å². The van der Waals surface area contributed by atoms with Gasteiger partial charge in [0.15, 0.2) is 11.4 Å². The van der Waals surface area contributed by atoms with Gasteiger partial charge in [0.25, 0.3) is 0 Å². The summed E-state index contributed by atoms with van der Waals surface area (Å²) in [4.78, 5) is 27.0. The van der Waals surface area contributed by atoms with Gasteiger partial charge >= 0.3 is 11.9 Å². The molecule has 1 aliphatic heterocycles. The van der Waals surface area contributed by atoms with E-state index in [-0.39, 0.29) is 18.0 Å². The van der Waals surface area contributed by atoms with Gasteiger partial charge in [0.2, 0.25) is 0 Å². The Hall–Kier alpha value is -2.93. The summed E-state index contributed by atoms with van der Waals surface area (Å²) in [6, 6.07) is 6.46. The van der Waals surface area contributed by atoms with Crippen molar-refractivity contribution in [1.29, 1.82) is 0 Å². The molecule has 1 aromatic carbocycles. The molecule has 2 aromatic rings. The number of ether oxygens (including phenoxy) is 1. The monoisotopic (exact) mass is 355 g/mol. The third kappa shape index (κ3) is 3.39. The van der Waals surface area contributed by atoms with Crippen molar-refractivity contribution in [1.82, 2.24) is 4.98 Å². The first kappa shape index (κ1) is 17.9. The van der Waals surface area contributed by atoms with Gasteiger partial charge < -0.3 is 20.9 Å². The summed E-state index contributed by atoms with van der Waals surface area (Å²) in [5, 5.41) is 12.8. The van der Waals surface area contributed by atoms with Crippen LogP contribution in [0.1, 0.15) is 35.0 Å². The molecule has 0 saturated heterocycles. The number of carboxylic acids is 1. The van der Waals surface area contributed by atoms with E-state index in [1.54, 1.807) is 6.92 Å². The van der Waals surface area contributed by atoms with Crippen LogP contribution in [0.25, 0.3) is 11.1 Å². The topological polar surface area (TPSA) is 115 Å². The zero-order valence-corrected chi connectivity index (χ0v) is 14.7. The van der Waals surface area contributed by atoms with Crippen molar-refractivity contribution in [2.24, 2.45) is 5.73 Å². The van der Waals surface area contributed by atoms with Crippen LogP contribution in [0.5, 0.6) is 5.75 Å². The van der Waals surface area contributed by atoms with Gasteiger partial charge in [0.05, 0.1) is 6.54 Å². The van der Waals surface area contributed by atoms with Crippen LogP contribution in [0, 0.1) is 6.92 Å². The molecule has 1 unspecified atom stereocenters. The lowest BCUT2D eigenvalue weighted by Gasteiger charge is -2.25. The Morgan fingerprint density at radius 1 is 1.42 bits per heavy atom. The Balaban J connectivity index is 2.07. The molecule has 4 N–H and O–H groups in total. The quantitative estimate of drug-likeness (QED) is 0.721. The van der Waals surface area contributed by atoms with E-state index in [0.29, 0.717) is 11.6 Å². The lowest BCUT2D eigenvalue weighted by molar-refractivity contribution is -0.132. The molecule has 0 spiro atoms. The van der Waals surface area contributed by atoms with Gasteiger partial charge in [-0.1, -0.05) is 6.07 Å². The number of pyridine rings is 1. The predicted octanol–water partition coefficient (Wildman–Crippen LogP) is 2.37. The summed E-state index contributed by atoms with van der Waals surface area (Å²) in [5.41, 5.74) is 9.44. The van der Waals surface area contributed by atoms with Gasteiger partial charge in [-0.05, 0) is 49.9 Å². The Morgan fingerprint density at radius 3 is 2.88 bits per heavy atom. The number of hydrogen-bond acceptors (Lipinski definition) is 6. The molecular formula is C19H21N3O4. The molecule has 0 radical (unpaired) electrons. The SMILES string of the molecule is Cc1c(-c2ccc3c(c2)CCC(C)N3)cnc(C(=O)O)c1OC(=O)CN. The number of nitrogens with one attached hydrogen (secondary N) is 1. The molecule has 7 heteroatoms. The molecule has 1 atom stereocenters. The van der Waals surface area contributed by atoms with Crippen LogP contribution < -0.4 is 15.8 Å². The highest BCUT2D eigenvalue weighted by Gasteiger charge is 2.22. The Bertz CT molecular complexity index is 879. The number of esters is 1. The number of hydrogen-bond donors (Lipinski definition) is 3. The van der Waals surface area contributed by atoms with E-state index in [4.69, 9.17) is 10.5 Å². The Morgan fingerprint density at radius 2 is 2.19 bits per heavy atom. The predicted molar refractivity (Wildman–Crippen MR) is 97.5 cm³/mol. The van der Waals surface area contributed by atoms with E-state index < -0.39 is 11.9 Å². The lowest BCUT2D eigenvalue weighted by atomic mass is 9.93. The number of benzene rings is 1. The largest absolute Gasteiger partial charge is 0.476 e.